The molecule has 8 heteroatoms. The molecule has 0 saturated heterocycles. The fraction of sp³-hybridized carbons (Fsp3) is 0.381. The maximum atomic E-state index is 12.5. The lowest BCUT2D eigenvalue weighted by Gasteiger charge is -2.16. The molecule has 1 amide bonds. The van der Waals surface area contributed by atoms with Crippen molar-refractivity contribution >= 4 is 33.3 Å². The molecule has 0 bridgehead atoms. The number of amides is 1. The number of anilines is 1. The van der Waals surface area contributed by atoms with Crippen molar-refractivity contribution in [1.29, 1.82) is 0 Å². The number of nitrogens with one attached hydrogen (secondary N) is 2. The van der Waals surface area contributed by atoms with Crippen molar-refractivity contribution in [2.75, 3.05) is 26.1 Å². The zero-order valence-corrected chi connectivity index (χ0v) is 18.1. The molecule has 3 aromatic rings. The maximum absolute atomic E-state index is 12.5. The van der Waals surface area contributed by atoms with Gasteiger partial charge in [-0.15, -0.1) is 11.3 Å². The van der Waals surface area contributed by atoms with Crippen LogP contribution in [0.2, 0.25) is 0 Å². The average molecular weight is 415 g/mol. The molecule has 29 heavy (non-hydrogen) atoms. The van der Waals surface area contributed by atoms with Crippen LogP contribution in [-0.4, -0.2) is 42.7 Å². The first-order valence-electron chi connectivity index (χ1n) is 9.40. The summed E-state index contributed by atoms with van der Waals surface area (Å²) in [5, 5.41) is 7.18. The predicted molar refractivity (Wildman–Crippen MR) is 116 cm³/mol. The van der Waals surface area contributed by atoms with Gasteiger partial charge in [0.15, 0.2) is 11.5 Å². The van der Waals surface area contributed by atoms with Crippen molar-refractivity contribution in [3.05, 3.63) is 40.5 Å². The predicted octanol–water partition coefficient (Wildman–Crippen LogP) is 3.48. The molecular weight excluding hydrogens is 388 g/mol. The Balaban J connectivity index is 1.59. The van der Waals surface area contributed by atoms with Crippen LogP contribution in [0.3, 0.4) is 0 Å². The monoisotopic (exact) mass is 414 g/mol. The lowest BCUT2D eigenvalue weighted by Crippen LogP contribution is -2.38. The number of ether oxygens (including phenoxy) is 2. The van der Waals surface area contributed by atoms with Gasteiger partial charge >= 0.3 is 0 Å². The van der Waals surface area contributed by atoms with E-state index in [2.05, 4.69) is 34.4 Å². The molecule has 0 fully saturated rings. The quantitative estimate of drug-likeness (QED) is 0.587. The summed E-state index contributed by atoms with van der Waals surface area (Å²) in [4.78, 5) is 23.3. The zero-order valence-electron chi connectivity index (χ0n) is 17.3. The van der Waals surface area contributed by atoms with E-state index in [1.165, 1.54) is 11.2 Å². The van der Waals surface area contributed by atoms with Crippen LogP contribution in [0.4, 0.5) is 5.82 Å². The molecular formula is C21H26N4O3S. The Kier molecular flexibility index (Phi) is 6.53. The van der Waals surface area contributed by atoms with Gasteiger partial charge in [0.2, 0.25) is 5.91 Å². The fourth-order valence-corrected chi connectivity index (χ4v) is 4.08. The van der Waals surface area contributed by atoms with E-state index in [1.54, 1.807) is 25.6 Å². The van der Waals surface area contributed by atoms with Crippen LogP contribution in [0.15, 0.2) is 24.5 Å². The van der Waals surface area contributed by atoms with Crippen molar-refractivity contribution in [2.24, 2.45) is 0 Å². The second-order valence-electron chi connectivity index (χ2n) is 6.78. The number of fused-ring (bicyclic) bond motifs is 1. The van der Waals surface area contributed by atoms with E-state index < -0.39 is 6.04 Å². The van der Waals surface area contributed by atoms with Gasteiger partial charge in [0.1, 0.15) is 23.0 Å². The molecule has 0 saturated carbocycles. The Morgan fingerprint density at radius 3 is 2.66 bits per heavy atom. The minimum atomic E-state index is -0.418. The van der Waals surface area contributed by atoms with Crippen LogP contribution in [0.25, 0.3) is 10.2 Å². The highest BCUT2D eigenvalue weighted by molar-refractivity contribution is 7.18. The van der Waals surface area contributed by atoms with E-state index in [9.17, 15) is 4.79 Å². The summed E-state index contributed by atoms with van der Waals surface area (Å²) in [5.41, 5.74) is 2.21. The van der Waals surface area contributed by atoms with Crippen LogP contribution in [0.1, 0.15) is 22.9 Å². The summed E-state index contributed by atoms with van der Waals surface area (Å²) >= 11 is 1.63. The van der Waals surface area contributed by atoms with Crippen LogP contribution in [0.5, 0.6) is 11.5 Å². The van der Waals surface area contributed by atoms with Gasteiger partial charge in [-0.05, 0) is 50.5 Å². The third kappa shape index (κ3) is 4.59. The van der Waals surface area contributed by atoms with E-state index in [0.717, 1.165) is 21.3 Å². The van der Waals surface area contributed by atoms with Crippen molar-refractivity contribution in [2.45, 2.75) is 33.2 Å². The van der Waals surface area contributed by atoms with Gasteiger partial charge in [0.25, 0.3) is 0 Å². The number of aromatic nitrogens is 2. The first-order valence-corrected chi connectivity index (χ1v) is 10.2. The molecule has 0 unspecified atom stereocenters. The Labute approximate surface area is 174 Å². The number of nitrogens with zero attached hydrogens (tertiary/aromatic N) is 2. The topological polar surface area (TPSA) is 85.4 Å². The second-order valence-corrected chi connectivity index (χ2v) is 7.99. The van der Waals surface area contributed by atoms with E-state index in [0.29, 0.717) is 30.3 Å². The number of hydrogen-bond donors (Lipinski definition) is 2. The van der Waals surface area contributed by atoms with Crippen molar-refractivity contribution in [3.8, 4) is 11.5 Å². The van der Waals surface area contributed by atoms with Crippen LogP contribution < -0.4 is 20.1 Å². The fourth-order valence-electron chi connectivity index (χ4n) is 3.08. The van der Waals surface area contributed by atoms with E-state index in [1.807, 2.05) is 25.1 Å². The van der Waals surface area contributed by atoms with E-state index in [4.69, 9.17) is 9.47 Å². The minimum absolute atomic E-state index is 0.0816. The zero-order chi connectivity index (χ0) is 21.0. The summed E-state index contributed by atoms with van der Waals surface area (Å²) in [6.45, 7) is 6.47. The highest BCUT2D eigenvalue weighted by atomic mass is 32.1. The lowest BCUT2D eigenvalue weighted by atomic mass is 10.1. The van der Waals surface area contributed by atoms with Gasteiger partial charge in [0, 0.05) is 11.4 Å². The molecule has 0 aliphatic carbocycles. The molecule has 1 aromatic carbocycles. The van der Waals surface area contributed by atoms with Crippen molar-refractivity contribution in [3.63, 3.8) is 0 Å². The summed E-state index contributed by atoms with van der Waals surface area (Å²) in [7, 11) is 3.22. The van der Waals surface area contributed by atoms with Gasteiger partial charge in [-0.1, -0.05) is 6.07 Å². The van der Waals surface area contributed by atoms with Crippen LogP contribution in [0, 0.1) is 13.8 Å². The first kappa shape index (κ1) is 20.9. The van der Waals surface area contributed by atoms with E-state index >= 15 is 0 Å². The number of carbonyl (C=O) groups is 1. The number of rotatable bonds is 8. The summed E-state index contributed by atoms with van der Waals surface area (Å²) in [6.07, 6.45) is 2.22. The summed E-state index contributed by atoms with van der Waals surface area (Å²) in [6, 6.07) is 5.34. The van der Waals surface area contributed by atoms with Gasteiger partial charge in [0.05, 0.1) is 19.6 Å². The second kappa shape index (κ2) is 9.09. The average Bonchev–Trinajstić information content (AvgIpc) is 3.02. The number of carbonyl (C=O) groups excluding carboxylic acids is 1. The van der Waals surface area contributed by atoms with Gasteiger partial charge in [-0.25, -0.2) is 9.97 Å². The van der Waals surface area contributed by atoms with Crippen molar-refractivity contribution < 1.29 is 14.3 Å². The molecule has 0 radical (unpaired) electrons. The molecule has 2 N–H and O–H groups in total. The van der Waals surface area contributed by atoms with Crippen LogP contribution in [-0.2, 0) is 11.2 Å². The summed E-state index contributed by atoms with van der Waals surface area (Å²) in [5.74, 6) is 1.98. The number of methoxy groups -OCH3 is 2. The number of benzene rings is 1. The molecule has 1 atom stereocenters. The first-order chi connectivity index (χ1) is 13.9. The molecule has 2 aromatic heterocycles. The molecule has 0 aliphatic heterocycles. The molecule has 3 rings (SSSR count). The third-order valence-corrected chi connectivity index (χ3v) is 5.99. The maximum Gasteiger partial charge on any atom is 0.242 e. The van der Waals surface area contributed by atoms with Gasteiger partial charge < -0.3 is 20.1 Å². The van der Waals surface area contributed by atoms with Gasteiger partial charge in [-0.2, -0.15) is 0 Å². The van der Waals surface area contributed by atoms with Crippen LogP contribution >= 0.6 is 11.3 Å². The largest absolute Gasteiger partial charge is 0.493 e. The Hall–Kier alpha value is -2.87. The highest BCUT2D eigenvalue weighted by Gasteiger charge is 2.17. The molecule has 0 spiro atoms. The Bertz CT molecular complexity index is 1020. The standard InChI is InChI=1S/C21H26N4O3S/c1-12-14(3)29-21-18(12)19(23-11-24-21)25-13(2)20(26)22-9-8-15-6-7-16(27-4)17(10-15)28-5/h6-7,10-11,13H,8-9H2,1-5H3,(H,22,26)(H,23,24,25)/t13-/m1/s1. The minimum Gasteiger partial charge on any atom is -0.493 e. The third-order valence-electron chi connectivity index (χ3n) is 4.87. The normalized spacial score (nSPS) is 11.9. The van der Waals surface area contributed by atoms with Gasteiger partial charge in [-0.3, -0.25) is 4.79 Å². The smallest absolute Gasteiger partial charge is 0.242 e. The molecule has 154 valence electrons. The van der Waals surface area contributed by atoms with Crippen molar-refractivity contribution in [1.82, 2.24) is 15.3 Å². The Morgan fingerprint density at radius 2 is 1.93 bits per heavy atom. The van der Waals surface area contributed by atoms with E-state index in [-0.39, 0.29) is 5.91 Å². The Morgan fingerprint density at radius 1 is 1.17 bits per heavy atom. The summed E-state index contributed by atoms with van der Waals surface area (Å²) < 4.78 is 10.6. The molecule has 0 aliphatic rings. The SMILES string of the molecule is COc1ccc(CCNC(=O)[C@@H](C)Nc2ncnc3sc(C)c(C)c23)cc1OC. The molecule has 2 heterocycles. The number of aryl methyl sites for hydroxylation is 2. The highest BCUT2D eigenvalue weighted by Crippen LogP contribution is 2.32. The number of hydrogen-bond acceptors (Lipinski definition) is 7. The molecule has 7 nitrogen and oxygen atoms in total. The lowest BCUT2D eigenvalue weighted by molar-refractivity contribution is -0.121. The number of thiophene rings is 1.